The van der Waals surface area contributed by atoms with E-state index in [4.69, 9.17) is 9.84 Å². The van der Waals surface area contributed by atoms with Gasteiger partial charge < -0.3 is 9.84 Å². The first-order valence-corrected chi connectivity index (χ1v) is 3.81. The molecule has 0 aliphatic carbocycles. The number of rotatable bonds is 3. The lowest BCUT2D eigenvalue weighted by Gasteiger charge is -2.11. The van der Waals surface area contributed by atoms with Gasteiger partial charge in [-0.25, -0.2) is 0 Å². The second-order valence-corrected chi connectivity index (χ2v) is 2.73. The summed E-state index contributed by atoms with van der Waals surface area (Å²) in [7, 11) is 0. The summed E-state index contributed by atoms with van der Waals surface area (Å²) in [6, 6.07) is 0. The standard InChI is InChI=1S/C9H12O3/c1-3-6-7(4-2)9(11)12-8(6)5-10/h3-4,6-8,10H,1-2,5H2/t6-,7+,8-/m1/s1. The molecule has 3 atom stereocenters. The van der Waals surface area contributed by atoms with Crippen molar-refractivity contribution >= 4 is 5.97 Å². The van der Waals surface area contributed by atoms with E-state index in [-0.39, 0.29) is 24.4 Å². The third kappa shape index (κ3) is 1.28. The Morgan fingerprint density at radius 2 is 2.17 bits per heavy atom. The number of carbonyl (C=O) groups is 1. The molecular weight excluding hydrogens is 156 g/mol. The van der Waals surface area contributed by atoms with Gasteiger partial charge in [-0.2, -0.15) is 0 Å². The molecule has 0 radical (unpaired) electrons. The van der Waals surface area contributed by atoms with Crippen LogP contribution in [0, 0.1) is 11.8 Å². The van der Waals surface area contributed by atoms with Crippen LogP contribution in [0.2, 0.25) is 0 Å². The van der Waals surface area contributed by atoms with Crippen molar-refractivity contribution in [2.24, 2.45) is 11.8 Å². The Bertz CT molecular complexity index is 210. The zero-order chi connectivity index (χ0) is 9.14. The highest BCUT2D eigenvalue weighted by molar-refractivity contribution is 5.77. The Morgan fingerprint density at radius 3 is 2.58 bits per heavy atom. The van der Waals surface area contributed by atoms with Crippen LogP contribution in [0.4, 0.5) is 0 Å². The lowest BCUT2D eigenvalue weighted by molar-refractivity contribution is -0.144. The predicted octanol–water partition coefficient (Wildman–Crippen LogP) is 0.508. The number of esters is 1. The number of ether oxygens (including phenoxy) is 1. The molecule has 0 saturated carbocycles. The maximum absolute atomic E-state index is 11.1. The average Bonchev–Trinajstić information content (AvgIpc) is 2.40. The minimum atomic E-state index is -0.446. The van der Waals surface area contributed by atoms with Crippen molar-refractivity contribution in [1.29, 1.82) is 0 Å². The van der Waals surface area contributed by atoms with Crippen LogP contribution in [0.25, 0.3) is 0 Å². The number of aliphatic hydroxyl groups is 1. The van der Waals surface area contributed by atoms with Crippen LogP contribution >= 0.6 is 0 Å². The van der Waals surface area contributed by atoms with Crippen LogP contribution in [-0.2, 0) is 9.53 Å². The summed E-state index contributed by atoms with van der Waals surface area (Å²) < 4.78 is 4.89. The highest BCUT2D eigenvalue weighted by Crippen LogP contribution is 2.29. The summed E-state index contributed by atoms with van der Waals surface area (Å²) in [6.45, 7) is 6.95. The second-order valence-electron chi connectivity index (χ2n) is 2.73. The normalized spacial score (nSPS) is 34.4. The van der Waals surface area contributed by atoms with Crippen LogP contribution in [0.1, 0.15) is 0 Å². The van der Waals surface area contributed by atoms with E-state index in [0.717, 1.165) is 0 Å². The van der Waals surface area contributed by atoms with Crippen molar-refractivity contribution in [2.75, 3.05) is 6.61 Å². The molecule has 1 fully saturated rings. The van der Waals surface area contributed by atoms with Gasteiger partial charge in [-0.05, 0) is 0 Å². The molecule has 12 heavy (non-hydrogen) atoms. The predicted molar refractivity (Wildman–Crippen MR) is 44.3 cm³/mol. The number of aliphatic hydroxyl groups excluding tert-OH is 1. The fraction of sp³-hybridized carbons (Fsp3) is 0.444. The first-order chi connectivity index (χ1) is 5.74. The smallest absolute Gasteiger partial charge is 0.313 e. The van der Waals surface area contributed by atoms with Gasteiger partial charge in [0.1, 0.15) is 6.10 Å². The van der Waals surface area contributed by atoms with Gasteiger partial charge in [0.2, 0.25) is 0 Å². The largest absolute Gasteiger partial charge is 0.459 e. The van der Waals surface area contributed by atoms with E-state index in [1.54, 1.807) is 6.08 Å². The summed E-state index contributed by atoms with van der Waals surface area (Å²) in [5.74, 6) is -0.811. The molecule has 1 rings (SSSR count). The van der Waals surface area contributed by atoms with Gasteiger partial charge in [0.25, 0.3) is 0 Å². The van der Waals surface area contributed by atoms with Crippen LogP contribution < -0.4 is 0 Å². The third-order valence-corrected chi connectivity index (χ3v) is 2.09. The van der Waals surface area contributed by atoms with E-state index in [1.807, 2.05) is 0 Å². The highest BCUT2D eigenvalue weighted by atomic mass is 16.6. The quantitative estimate of drug-likeness (QED) is 0.493. The maximum Gasteiger partial charge on any atom is 0.313 e. The summed E-state index contributed by atoms with van der Waals surface area (Å²) >= 11 is 0. The van der Waals surface area contributed by atoms with E-state index < -0.39 is 6.10 Å². The first kappa shape index (κ1) is 9.00. The molecule has 1 aliphatic heterocycles. The van der Waals surface area contributed by atoms with Crippen molar-refractivity contribution in [2.45, 2.75) is 6.10 Å². The van der Waals surface area contributed by atoms with Gasteiger partial charge in [-0.15, -0.1) is 13.2 Å². The second kappa shape index (κ2) is 3.54. The first-order valence-electron chi connectivity index (χ1n) is 3.81. The Morgan fingerprint density at radius 1 is 1.50 bits per heavy atom. The zero-order valence-corrected chi connectivity index (χ0v) is 6.77. The molecule has 0 amide bonds. The zero-order valence-electron chi connectivity index (χ0n) is 6.77. The van der Waals surface area contributed by atoms with E-state index >= 15 is 0 Å². The van der Waals surface area contributed by atoms with Gasteiger partial charge in [0.05, 0.1) is 12.5 Å². The molecule has 1 N–H and O–H groups in total. The highest BCUT2D eigenvalue weighted by Gasteiger charge is 2.40. The topological polar surface area (TPSA) is 46.5 Å². The van der Waals surface area contributed by atoms with Gasteiger partial charge in [0.15, 0.2) is 0 Å². The van der Waals surface area contributed by atoms with Crippen molar-refractivity contribution in [3.8, 4) is 0 Å². The van der Waals surface area contributed by atoms with Crippen LogP contribution in [-0.4, -0.2) is 23.8 Å². The van der Waals surface area contributed by atoms with Crippen LogP contribution in [0.3, 0.4) is 0 Å². The molecule has 3 nitrogen and oxygen atoms in total. The van der Waals surface area contributed by atoms with E-state index in [1.165, 1.54) is 6.08 Å². The van der Waals surface area contributed by atoms with E-state index in [0.29, 0.717) is 0 Å². The Hall–Kier alpha value is -1.09. The number of hydrogen-bond acceptors (Lipinski definition) is 3. The monoisotopic (exact) mass is 168 g/mol. The molecule has 0 bridgehead atoms. The van der Waals surface area contributed by atoms with Crippen molar-refractivity contribution < 1.29 is 14.6 Å². The van der Waals surface area contributed by atoms with Gasteiger partial charge in [-0.3, -0.25) is 4.79 Å². The SMILES string of the molecule is C=C[C@@H]1[C@H](C=C)C(=O)O[C@@H]1CO. The van der Waals surface area contributed by atoms with Crippen LogP contribution in [0.5, 0.6) is 0 Å². The number of cyclic esters (lactones) is 1. The third-order valence-electron chi connectivity index (χ3n) is 2.09. The van der Waals surface area contributed by atoms with E-state index in [9.17, 15) is 4.79 Å². The molecular formula is C9H12O3. The summed E-state index contributed by atoms with van der Waals surface area (Å²) in [5, 5.41) is 8.84. The molecule has 0 aromatic carbocycles. The number of hydrogen-bond donors (Lipinski definition) is 1. The molecule has 66 valence electrons. The summed E-state index contributed by atoms with van der Waals surface area (Å²) in [6.07, 6.45) is 2.71. The van der Waals surface area contributed by atoms with E-state index in [2.05, 4.69) is 13.2 Å². The Kier molecular flexibility index (Phi) is 2.65. The van der Waals surface area contributed by atoms with Crippen molar-refractivity contribution in [3.05, 3.63) is 25.3 Å². The minimum absolute atomic E-state index is 0.139. The molecule has 1 aliphatic rings. The summed E-state index contributed by atoms with van der Waals surface area (Å²) in [5.41, 5.74) is 0. The minimum Gasteiger partial charge on any atom is -0.459 e. The van der Waals surface area contributed by atoms with Crippen molar-refractivity contribution in [3.63, 3.8) is 0 Å². The van der Waals surface area contributed by atoms with Gasteiger partial charge >= 0.3 is 5.97 Å². The number of carbonyl (C=O) groups excluding carboxylic acids is 1. The molecule has 3 heteroatoms. The Labute approximate surface area is 71.3 Å². The summed E-state index contributed by atoms with van der Waals surface area (Å²) in [4.78, 5) is 11.1. The van der Waals surface area contributed by atoms with Gasteiger partial charge in [-0.1, -0.05) is 12.2 Å². The molecule has 1 saturated heterocycles. The van der Waals surface area contributed by atoms with Crippen molar-refractivity contribution in [1.82, 2.24) is 0 Å². The average molecular weight is 168 g/mol. The molecule has 1 heterocycles. The maximum atomic E-state index is 11.1. The van der Waals surface area contributed by atoms with Crippen LogP contribution in [0.15, 0.2) is 25.3 Å². The fourth-order valence-corrected chi connectivity index (χ4v) is 1.41. The molecule has 0 unspecified atom stereocenters. The molecule has 0 spiro atoms. The lowest BCUT2D eigenvalue weighted by Crippen LogP contribution is -2.21. The Balaban J connectivity index is 2.81. The molecule has 0 aromatic rings. The fourth-order valence-electron chi connectivity index (χ4n) is 1.41. The van der Waals surface area contributed by atoms with Gasteiger partial charge in [0, 0.05) is 5.92 Å². The lowest BCUT2D eigenvalue weighted by atomic mass is 9.91. The molecule has 0 aromatic heterocycles.